The van der Waals surface area contributed by atoms with Gasteiger partial charge in [0.15, 0.2) is 0 Å². The third-order valence-electron chi connectivity index (χ3n) is 2.65. The van der Waals surface area contributed by atoms with Gasteiger partial charge >= 0.3 is 0 Å². The first-order chi connectivity index (χ1) is 9.54. The Kier molecular flexibility index (Phi) is 4.34. The second-order valence-corrected chi connectivity index (χ2v) is 4.30. The molecule has 4 nitrogen and oxygen atoms in total. The van der Waals surface area contributed by atoms with Crippen LogP contribution in [0.2, 0.25) is 0 Å². The molecule has 0 radical (unpaired) electrons. The van der Waals surface area contributed by atoms with Gasteiger partial charge in [0.25, 0.3) is 5.56 Å². The number of benzene rings is 1. The highest BCUT2D eigenvalue weighted by Crippen LogP contribution is 2.15. The van der Waals surface area contributed by atoms with E-state index in [1.807, 2.05) is 0 Å². The third-order valence-corrected chi connectivity index (χ3v) is 2.65. The summed E-state index contributed by atoms with van der Waals surface area (Å²) in [5.41, 5.74) is 5.92. The molecule has 2 aromatic rings. The lowest BCUT2D eigenvalue weighted by Gasteiger charge is -2.08. The minimum absolute atomic E-state index is 0.127. The van der Waals surface area contributed by atoms with E-state index in [-0.39, 0.29) is 17.9 Å². The van der Waals surface area contributed by atoms with Gasteiger partial charge in [-0.2, -0.15) is 0 Å². The normalized spacial score (nSPS) is 10.5. The van der Waals surface area contributed by atoms with E-state index in [0.29, 0.717) is 18.7 Å². The van der Waals surface area contributed by atoms with Crippen LogP contribution in [0, 0.1) is 11.6 Å². The first-order valence-corrected chi connectivity index (χ1v) is 6.09. The van der Waals surface area contributed by atoms with Gasteiger partial charge in [-0.25, -0.2) is 8.78 Å². The third kappa shape index (κ3) is 3.81. The van der Waals surface area contributed by atoms with E-state index in [1.165, 1.54) is 16.7 Å². The zero-order valence-electron chi connectivity index (χ0n) is 10.7. The van der Waals surface area contributed by atoms with Gasteiger partial charge in [-0.05, 0) is 12.5 Å². The number of halogens is 2. The zero-order valence-corrected chi connectivity index (χ0v) is 10.7. The maximum absolute atomic E-state index is 12.9. The summed E-state index contributed by atoms with van der Waals surface area (Å²) in [6.07, 6.45) is 2.06. The van der Waals surface area contributed by atoms with Crippen LogP contribution in [0.4, 0.5) is 14.5 Å². The van der Waals surface area contributed by atoms with E-state index in [9.17, 15) is 13.6 Å². The molecule has 0 spiro atoms. The van der Waals surface area contributed by atoms with Crippen LogP contribution in [-0.4, -0.2) is 11.2 Å². The number of aryl methyl sites for hydroxylation is 1. The van der Waals surface area contributed by atoms with Crippen molar-refractivity contribution in [3.05, 3.63) is 58.5 Å². The number of hydrogen-bond acceptors (Lipinski definition) is 3. The number of aromatic nitrogens is 1. The Morgan fingerprint density at radius 1 is 1.15 bits per heavy atom. The van der Waals surface area contributed by atoms with E-state index in [0.717, 1.165) is 18.2 Å². The molecule has 0 aliphatic rings. The number of hydrogen-bond donors (Lipinski definition) is 1. The fourth-order valence-corrected chi connectivity index (χ4v) is 1.76. The molecule has 0 aliphatic heterocycles. The van der Waals surface area contributed by atoms with E-state index < -0.39 is 11.6 Å². The van der Waals surface area contributed by atoms with Crippen molar-refractivity contribution in [1.82, 2.24) is 4.57 Å². The first-order valence-electron chi connectivity index (χ1n) is 6.09. The van der Waals surface area contributed by atoms with Crippen molar-refractivity contribution in [3.8, 4) is 5.75 Å². The number of ether oxygens (including phenoxy) is 1. The van der Waals surface area contributed by atoms with Crippen molar-refractivity contribution in [1.29, 1.82) is 0 Å². The Hall–Kier alpha value is -2.37. The Balaban J connectivity index is 1.87. The molecule has 0 saturated heterocycles. The second kappa shape index (κ2) is 6.18. The number of nitrogens with two attached hydrogens (primary N) is 1. The second-order valence-electron chi connectivity index (χ2n) is 4.30. The molecular formula is C14H14F2N2O2. The molecule has 0 aliphatic carbocycles. The predicted octanol–water partition coefficient (Wildman–Crippen LogP) is 2.18. The maximum atomic E-state index is 12.9. The van der Waals surface area contributed by atoms with Crippen molar-refractivity contribution in [2.75, 3.05) is 12.3 Å². The Morgan fingerprint density at radius 3 is 2.55 bits per heavy atom. The maximum Gasteiger partial charge on any atom is 0.250 e. The van der Waals surface area contributed by atoms with Crippen LogP contribution in [0.3, 0.4) is 0 Å². The average molecular weight is 280 g/mol. The molecule has 0 amide bonds. The zero-order chi connectivity index (χ0) is 14.5. The molecule has 0 unspecified atom stereocenters. The topological polar surface area (TPSA) is 57.2 Å². The highest BCUT2D eigenvalue weighted by Gasteiger charge is 2.02. The monoisotopic (exact) mass is 280 g/mol. The molecule has 1 aromatic heterocycles. The summed E-state index contributed by atoms with van der Waals surface area (Å²) in [4.78, 5) is 11.5. The van der Waals surface area contributed by atoms with Gasteiger partial charge in [-0.3, -0.25) is 4.79 Å². The van der Waals surface area contributed by atoms with Gasteiger partial charge in [0, 0.05) is 42.7 Å². The summed E-state index contributed by atoms with van der Waals surface area (Å²) in [7, 11) is 0. The lowest BCUT2D eigenvalue weighted by Crippen LogP contribution is -2.20. The van der Waals surface area contributed by atoms with Crippen molar-refractivity contribution >= 4 is 5.69 Å². The minimum atomic E-state index is -0.688. The SMILES string of the molecule is Nc1ccc(=O)n(CCCOc2cc(F)cc(F)c2)c1. The quantitative estimate of drug-likeness (QED) is 0.854. The molecule has 6 heteroatoms. The highest BCUT2D eigenvalue weighted by atomic mass is 19.1. The van der Waals surface area contributed by atoms with Gasteiger partial charge in [0.1, 0.15) is 17.4 Å². The average Bonchev–Trinajstić information content (AvgIpc) is 2.37. The summed E-state index contributed by atoms with van der Waals surface area (Å²) in [6, 6.07) is 5.91. The van der Waals surface area contributed by atoms with Crippen LogP contribution in [0.25, 0.3) is 0 Å². The molecule has 0 fully saturated rings. The van der Waals surface area contributed by atoms with Gasteiger partial charge in [0.05, 0.1) is 6.61 Å². The highest BCUT2D eigenvalue weighted by molar-refractivity contribution is 5.33. The minimum Gasteiger partial charge on any atom is -0.493 e. The number of nitrogens with zero attached hydrogens (tertiary/aromatic N) is 1. The number of anilines is 1. The van der Waals surface area contributed by atoms with Crippen LogP contribution >= 0.6 is 0 Å². The first kappa shape index (κ1) is 14.0. The number of rotatable bonds is 5. The van der Waals surface area contributed by atoms with Crippen LogP contribution in [0.1, 0.15) is 6.42 Å². The molecule has 2 rings (SSSR count). The molecule has 106 valence electrons. The van der Waals surface area contributed by atoms with Crippen LogP contribution in [-0.2, 0) is 6.54 Å². The molecular weight excluding hydrogens is 266 g/mol. The van der Waals surface area contributed by atoms with Gasteiger partial charge in [0.2, 0.25) is 0 Å². The van der Waals surface area contributed by atoms with Gasteiger partial charge in [-0.15, -0.1) is 0 Å². The van der Waals surface area contributed by atoms with Crippen molar-refractivity contribution in [2.24, 2.45) is 0 Å². The van der Waals surface area contributed by atoms with E-state index in [2.05, 4.69) is 0 Å². The summed E-state index contributed by atoms with van der Waals surface area (Å²) in [5.74, 6) is -1.25. The van der Waals surface area contributed by atoms with Gasteiger partial charge in [-0.1, -0.05) is 0 Å². The summed E-state index contributed by atoms with van der Waals surface area (Å²) < 4.78 is 32.5. The molecule has 0 atom stereocenters. The molecule has 0 saturated carbocycles. The fraction of sp³-hybridized carbons (Fsp3) is 0.214. The molecule has 1 aromatic carbocycles. The Morgan fingerprint density at radius 2 is 1.85 bits per heavy atom. The summed E-state index contributed by atoms with van der Waals surface area (Å²) in [6.45, 7) is 0.659. The van der Waals surface area contributed by atoms with Crippen molar-refractivity contribution in [3.63, 3.8) is 0 Å². The Labute approximate surface area is 114 Å². The summed E-state index contributed by atoms with van der Waals surface area (Å²) in [5, 5.41) is 0. The number of nitrogen functional groups attached to an aromatic ring is 1. The molecule has 20 heavy (non-hydrogen) atoms. The Bertz CT molecular complexity index is 636. The van der Waals surface area contributed by atoms with Crippen molar-refractivity contribution in [2.45, 2.75) is 13.0 Å². The smallest absolute Gasteiger partial charge is 0.250 e. The van der Waals surface area contributed by atoms with Crippen molar-refractivity contribution < 1.29 is 13.5 Å². The standard InChI is InChI=1S/C14H14F2N2O2/c15-10-6-11(16)8-13(7-10)20-5-1-4-18-9-12(17)2-3-14(18)19/h2-3,6-9H,1,4-5,17H2. The van der Waals surface area contributed by atoms with Crippen LogP contribution in [0.5, 0.6) is 5.75 Å². The van der Waals surface area contributed by atoms with E-state index in [1.54, 1.807) is 6.20 Å². The van der Waals surface area contributed by atoms with Crippen LogP contribution in [0.15, 0.2) is 41.3 Å². The van der Waals surface area contributed by atoms with E-state index in [4.69, 9.17) is 10.5 Å². The lowest BCUT2D eigenvalue weighted by atomic mass is 10.3. The summed E-state index contributed by atoms with van der Waals surface area (Å²) >= 11 is 0. The number of pyridine rings is 1. The lowest BCUT2D eigenvalue weighted by molar-refractivity contribution is 0.298. The van der Waals surface area contributed by atoms with E-state index >= 15 is 0 Å². The fourth-order valence-electron chi connectivity index (χ4n) is 1.76. The molecule has 2 N–H and O–H groups in total. The molecule has 1 heterocycles. The molecule has 0 bridgehead atoms. The van der Waals surface area contributed by atoms with Gasteiger partial charge < -0.3 is 15.0 Å². The van der Waals surface area contributed by atoms with Crippen LogP contribution < -0.4 is 16.0 Å². The predicted molar refractivity (Wildman–Crippen MR) is 71.6 cm³/mol. The largest absolute Gasteiger partial charge is 0.493 e.